The molecule has 0 amide bonds. The van der Waals surface area contributed by atoms with Crippen molar-refractivity contribution in [3.05, 3.63) is 133 Å². The van der Waals surface area contributed by atoms with Crippen LogP contribution in [0.4, 0.5) is 0 Å². The van der Waals surface area contributed by atoms with E-state index in [0.29, 0.717) is 45.7 Å². The van der Waals surface area contributed by atoms with Crippen LogP contribution in [0.1, 0.15) is 16.7 Å². The third-order valence-electron chi connectivity index (χ3n) is 8.05. The van der Waals surface area contributed by atoms with E-state index >= 15 is 0 Å². The van der Waals surface area contributed by atoms with Crippen molar-refractivity contribution in [2.45, 2.75) is 19.0 Å². The van der Waals surface area contributed by atoms with Crippen molar-refractivity contribution < 1.29 is 32.5 Å². The Morgan fingerprint density at radius 2 is 1.55 bits per heavy atom. The molecule has 7 aromatic rings. The van der Waals surface area contributed by atoms with Crippen LogP contribution in [0.25, 0.3) is 33.1 Å². The Balaban J connectivity index is 1.26. The quantitative estimate of drug-likeness (QED) is 0.143. The number of methoxy groups -OCH3 is 1. The SMILES string of the molecule is COc1ccc(COc2cnc3ccc(-c4cn(S(=O)(=O)Cc5ccccc5)c5ncnc(OCc6cncc(OCCO)c6)c45)cc3c2)cc1. The van der Waals surface area contributed by atoms with Gasteiger partial charge < -0.3 is 24.1 Å². The zero-order valence-corrected chi connectivity index (χ0v) is 28.4. The number of aromatic nitrogens is 5. The smallest absolute Gasteiger partial charge is 0.244 e. The predicted octanol–water partition coefficient (Wildman–Crippen LogP) is 5.96. The van der Waals surface area contributed by atoms with E-state index in [2.05, 4.69) is 19.9 Å². The van der Waals surface area contributed by atoms with Crippen LogP contribution in [-0.4, -0.2) is 57.8 Å². The number of hydrogen-bond acceptors (Lipinski definition) is 11. The third-order valence-corrected chi connectivity index (χ3v) is 9.62. The Morgan fingerprint density at radius 1 is 0.745 bits per heavy atom. The molecule has 0 spiro atoms. The summed E-state index contributed by atoms with van der Waals surface area (Å²) in [6.07, 6.45) is 7.69. The van der Waals surface area contributed by atoms with Crippen molar-refractivity contribution in [3.63, 3.8) is 0 Å². The number of rotatable bonds is 14. The molecule has 4 aromatic heterocycles. The maximum absolute atomic E-state index is 13.9. The first-order valence-electron chi connectivity index (χ1n) is 16.0. The van der Waals surface area contributed by atoms with Crippen molar-refractivity contribution >= 4 is 32.0 Å². The van der Waals surface area contributed by atoms with Gasteiger partial charge in [-0.05, 0) is 53.1 Å². The number of aliphatic hydroxyl groups excluding tert-OH is 1. The molecule has 3 aromatic carbocycles. The predicted molar refractivity (Wildman–Crippen MR) is 191 cm³/mol. The molecule has 0 fully saturated rings. The van der Waals surface area contributed by atoms with E-state index in [4.69, 9.17) is 24.1 Å². The lowest BCUT2D eigenvalue weighted by atomic mass is 10.0. The van der Waals surface area contributed by atoms with E-state index in [1.807, 2.05) is 54.6 Å². The second kappa shape index (κ2) is 14.8. The topological polar surface area (TPSA) is 148 Å². The standard InChI is InChI=1S/C38H33N5O7S/c1-47-31-10-7-26(8-11-31)22-49-33-17-30-16-29(9-12-35(30)40-20-33)34-21-43(51(45,46)24-27-5-3-2-4-6-27)37-36(34)38(42-25-41-37)50-23-28-15-32(19-39-18-28)48-14-13-44/h2-12,15-21,25,44H,13-14,22-24H2,1H3. The van der Waals surface area contributed by atoms with E-state index in [0.717, 1.165) is 22.2 Å². The van der Waals surface area contributed by atoms with Gasteiger partial charge in [0.05, 0.1) is 42.8 Å². The van der Waals surface area contributed by atoms with E-state index in [-0.39, 0.29) is 37.1 Å². The van der Waals surface area contributed by atoms with Gasteiger partial charge in [-0.2, -0.15) is 0 Å². The highest BCUT2D eigenvalue weighted by Crippen LogP contribution is 2.38. The molecule has 7 rings (SSSR count). The lowest BCUT2D eigenvalue weighted by Crippen LogP contribution is -2.14. The molecule has 51 heavy (non-hydrogen) atoms. The summed E-state index contributed by atoms with van der Waals surface area (Å²) in [7, 11) is -2.31. The minimum atomic E-state index is -3.93. The number of nitrogens with zero attached hydrogens (tertiary/aromatic N) is 5. The highest BCUT2D eigenvalue weighted by atomic mass is 32.2. The first kappa shape index (κ1) is 33.4. The first-order valence-corrected chi connectivity index (χ1v) is 17.6. The van der Waals surface area contributed by atoms with Crippen LogP contribution in [0.2, 0.25) is 0 Å². The summed E-state index contributed by atoms with van der Waals surface area (Å²) < 4.78 is 52.1. The lowest BCUT2D eigenvalue weighted by Gasteiger charge is -2.10. The monoisotopic (exact) mass is 703 g/mol. The van der Waals surface area contributed by atoms with E-state index in [9.17, 15) is 8.42 Å². The Labute approximate surface area is 294 Å². The van der Waals surface area contributed by atoms with Crippen LogP contribution in [0.15, 0.2) is 116 Å². The number of aliphatic hydroxyl groups is 1. The van der Waals surface area contributed by atoms with E-state index < -0.39 is 10.0 Å². The van der Waals surface area contributed by atoms with Crippen LogP contribution < -0.4 is 18.9 Å². The van der Waals surface area contributed by atoms with Gasteiger partial charge in [0.15, 0.2) is 5.65 Å². The van der Waals surface area contributed by atoms with Gasteiger partial charge in [0.2, 0.25) is 15.9 Å². The van der Waals surface area contributed by atoms with Gasteiger partial charge in [-0.3, -0.25) is 9.97 Å². The molecule has 13 heteroatoms. The summed E-state index contributed by atoms with van der Waals surface area (Å²) in [5.41, 5.74) is 4.48. The summed E-state index contributed by atoms with van der Waals surface area (Å²) >= 11 is 0. The van der Waals surface area contributed by atoms with Crippen LogP contribution in [0, 0.1) is 0 Å². The molecule has 1 N–H and O–H groups in total. The number of pyridine rings is 2. The molecular formula is C38H33N5O7S. The van der Waals surface area contributed by atoms with Crippen LogP contribution in [0.5, 0.6) is 23.1 Å². The van der Waals surface area contributed by atoms with Gasteiger partial charge in [0, 0.05) is 28.9 Å². The molecule has 0 bridgehead atoms. The second-order valence-corrected chi connectivity index (χ2v) is 13.4. The minimum Gasteiger partial charge on any atom is -0.497 e. The summed E-state index contributed by atoms with van der Waals surface area (Å²) in [4.78, 5) is 17.7. The maximum Gasteiger partial charge on any atom is 0.244 e. The zero-order valence-electron chi connectivity index (χ0n) is 27.5. The van der Waals surface area contributed by atoms with Gasteiger partial charge in [0.1, 0.15) is 43.4 Å². The summed E-state index contributed by atoms with van der Waals surface area (Å²) in [5.74, 6) is 1.78. The van der Waals surface area contributed by atoms with Crippen molar-refractivity contribution in [2.24, 2.45) is 0 Å². The third kappa shape index (κ3) is 7.59. The molecule has 4 heterocycles. The van der Waals surface area contributed by atoms with Gasteiger partial charge in [-0.15, -0.1) is 0 Å². The molecule has 0 radical (unpaired) electrons. The maximum atomic E-state index is 13.9. The van der Waals surface area contributed by atoms with Crippen molar-refractivity contribution in [2.75, 3.05) is 20.3 Å². The molecular weight excluding hydrogens is 671 g/mol. The first-order chi connectivity index (χ1) is 24.9. The normalized spacial score (nSPS) is 11.5. The Hall–Kier alpha value is -6.05. The number of ether oxygens (including phenoxy) is 4. The fraction of sp³-hybridized carbons (Fsp3) is 0.158. The number of hydrogen-bond donors (Lipinski definition) is 1. The highest BCUT2D eigenvalue weighted by molar-refractivity contribution is 7.89. The van der Waals surface area contributed by atoms with Crippen molar-refractivity contribution in [1.29, 1.82) is 0 Å². The molecule has 0 unspecified atom stereocenters. The Morgan fingerprint density at radius 3 is 2.35 bits per heavy atom. The minimum absolute atomic E-state index is 0.0629. The van der Waals surface area contributed by atoms with E-state index in [1.54, 1.807) is 62.2 Å². The zero-order chi connectivity index (χ0) is 35.2. The average molecular weight is 704 g/mol. The molecule has 0 aliphatic heterocycles. The molecule has 258 valence electrons. The summed E-state index contributed by atoms with van der Waals surface area (Å²) in [6.45, 7) is 0.404. The fourth-order valence-corrected chi connectivity index (χ4v) is 7.00. The Bertz CT molecular complexity index is 2400. The largest absolute Gasteiger partial charge is 0.497 e. The van der Waals surface area contributed by atoms with Crippen LogP contribution in [0.3, 0.4) is 0 Å². The number of benzene rings is 3. The Kier molecular flexibility index (Phi) is 9.72. The second-order valence-electron chi connectivity index (χ2n) is 11.6. The van der Waals surface area contributed by atoms with Crippen molar-refractivity contribution in [1.82, 2.24) is 23.9 Å². The average Bonchev–Trinajstić information content (AvgIpc) is 3.57. The number of fused-ring (bicyclic) bond motifs is 2. The lowest BCUT2D eigenvalue weighted by molar-refractivity contribution is 0.200. The van der Waals surface area contributed by atoms with Gasteiger partial charge in [-0.25, -0.2) is 22.4 Å². The van der Waals surface area contributed by atoms with Gasteiger partial charge >= 0.3 is 0 Å². The summed E-state index contributed by atoms with van der Waals surface area (Å²) in [5, 5.41) is 10.3. The molecule has 12 nitrogen and oxygen atoms in total. The van der Waals surface area contributed by atoms with Gasteiger partial charge in [-0.1, -0.05) is 48.5 Å². The molecule has 0 saturated heterocycles. The van der Waals surface area contributed by atoms with E-state index in [1.165, 1.54) is 10.3 Å². The molecule has 0 atom stereocenters. The van der Waals surface area contributed by atoms with Gasteiger partial charge in [0.25, 0.3) is 0 Å². The fourth-order valence-electron chi connectivity index (χ4n) is 5.58. The van der Waals surface area contributed by atoms with Crippen LogP contribution >= 0.6 is 0 Å². The molecule has 0 aliphatic carbocycles. The highest BCUT2D eigenvalue weighted by Gasteiger charge is 2.25. The summed E-state index contributed by atoms with van der Waals surface area (Å²) in [6, 6.07) is 25.9. The molecule has 0 saturated carbocycles. The van der Waals surface area contributed by atoms with Crippen LogP contribution in [-0.2, 0) is 29.0 Å². The van der Waals surface area contributed by atoms with Crippen molar-refractivity contribution in [3.8, 4) is 34.3 Å². The molecule has 0 aliphatic rings.